The smallest absolute Gasteiger partial charge is 0.362 e. The third kappa shape index (κ3) is 3.75. The van der Waals surface area contributed by atoms with Gasteiger partial charge in [0.05, 0.1) is 0 Å². The van der Waals surface area contributed by atoms with Gasteiger partial charge in [0.2, 0.25) is 6.30 Å². The molecule has 0 radical (unpaired) electrons. The lowest BCUT2D eigenvalue weighted by Crippen LogP contribution is -2.61. The summed E-state index contributed by atoms with van der Waals surface area (Å²) in [5.41, 5.74) is 8.83. The highest BCUT2D eigenvalue weighted by atomic mass is 19.4. The van der Waals surface area contributed by atoms with Crippen molar-refractivity contribution in [2.75, 3.05) is 0 Å². The van der Waals surface area contributed by atoms with Crippen LogP contribution in [-0.2, 0) is 4.74 Å². The Labute approximate surface area is 114 Å². The Balaban J connectivity index is 2.90. The average Bonchev–Trinajstić information content (AvgIpc) is 2.36. The number of ether oxygens (including phenoxy) is 1. The van der Waals surface area contributed by atoms with Gasteiger partial charge in [-0.05, 0) is 19.3 Å². The number of nitrogens with two attached hydrogens (primary N) is 2. The van der Waals surface area contributed by atoms with Gasteiger partial charge in [0, 0.05) is 0 Å². The molecule has 4 atom stereocenters. The SMILES string of the molecule is NC(F)C(F)(F)C1CCCC(C(F)(F)C(N)C(F)(F)F)O1. The topological polar surface area (TPSA) is 61.3 Å². The molecule has 0 aromatic carbocycles. The number of hydrogen-bond acceptors (Lipinski definition) is 3. The lowest BCUT2D eigenvalue weighted by Gasteiger charge is -2.40. The van der Waals surface area contributed by atoms with Crippen LogP contribution in [0.25, 0.3) is 0 Å². The molecule has 0 bridgehead atoms. The van der Waals surface area contributed by atoms with Crippen LogP contribution >= 0.6 is 0 Å². The number of hydrogen-bond donors (Lipinski definition) is 2. The highest BCUT2D eigenvalue weighted by Crippen LogP contribution is 2.41. The van der Waals surface area contributed by atoms with Crippen LogP contribution in [0.1, 0.15) is 19.3 Å². The molecule has 1 fully saturated rings. The number of rotatable bonds is 4. The summed E-state index contributed by atoms with van der Waals surface area (Å²) in [7, 11) is 0. The van der Waals surface area contributed by atoms with Crippen molar-refractivity contribution in [3.63, 3.8) is 0 Å². The predicted molar refractivity (Wildman–Crippen MR) is 55.5 cm³/mol. The molecule has 3 nitrogen and oxygen atoms in total. The fraction of sp³-hybridized carbons (Fsp3) is 1.00. The van der Waals surface area contributed by atoms with Crippen LogP contribution in [0, 0.1) is 0 Å². The zero-order valence-electron chi connectivity index (χ0n) is 10.5. The van der Waals surface area contributed by atoms with E-state index < -0.39 is 55.4 Å². The van der Waals surface area contributed by atoms with E-state index >= 15 is 0 Å². The summed E-state index contributed by atoms with van der Waals surface area (Å²) in [5.74, 6) is -8.90. The molecule has 0 amide bonds. The third-order valence-electron chi connectivity index (χ3n) is 3.25. The summed E-state index contributed by atoms with van der Waals surface area (Å²) in [6.45, 7) is 0. The largest absolute Gasteiger partial charge is 0.409 e. The molecule has 4 N–H and O–H groups in total. The van der Waals surface area contributed by atoms with Gasteiger partial charge in [0.25, 0.3) is 5.92 Å². The van der Waals surface area contributed by atoms with Crippen LogP contribution in [0.5, 0.6) is 0 Å². The maximum absolute atomic E-state index is 13.6. The maximum Gasteiger partial charge on any atom is 0.409 e. The first kappa shape index (κ1) is 18.4. The lowest BCUT2D eigenvalue weighted by atomic mass is 9.93. The van der Waals surface area contributed by atoms with Gasteiger partial charge < -0.3 is 10.5 Å². The molecule has 1 heterocycles. The van der Waals surface area contributed by atoms with Crippen LogP contribution in [-0.4, -0.2) is 42.6 Å². The Morgan fingerprint density at radius 1 is 0.857 bits per heavy atom. The van der Waals surface area contributed by atoms with Crippen LogP contribution in [0.15, 0.2) is 0 Å². The number of halogens is 8. The van der Waals surface area contributed by atoms with Crippen molar-refractivity contribution in [3.8, 4) is 0 Å². The summed E-state index contributed by atoms with van der Waals surface area (Å²) < 4.78 is 108. The minimum atomic E-state index is -5.43. The van der Waals surface area contributed by atoms with Gasteiger partial charge in [-0.25, -0.2) is 13.2 Å². The highest BCUT2D eigenvalue weighted by Gasteiger charge is 2.60. The summed E-state index contributed by atoms with van der Waals surface area (Å²) >= 11 is 0. The van der Waals surface area contributed by atoms with Gasteiger partial charge in [-0.2, -0.15) is 22.0 Å². The average molecular weight is 330 g/mol. The minimum Gasteiger partial charge on any atom is -0.362 e. The van der Waals surface area contributed by atoms with Crippen molar-refractivity contribution in [1.29, 1.82) is 0 Å². The van der Waals surface area contributed by atoms with E-state index in [4.69, 9.17) is 0 Å². The van der Waals surface area contributed by atoms with Crippen molar-refractivity contribution >= 4 is 0 Å². The van der Waals surface area contributed by atoms with Crippen molar-refractivity contribution in [3.05, 3.63) is 0 Å². The van der Waals surface area contributed by atoms with E-state index in [1.54, 1.807) is 0 Å². The normalized spacial score (nSPS) is 28.3. The van der Waals surface area contributed by atoms with Gasteiger partial charge in [-0.15, -0.1) is 0 Å². The zero-order chi connectivity index (χ0) is 16.6. The van der Waals surface area contributed by atoms with Gasteiger partial charge >= 0.3 is 12.1 Å². The summed E-state index contributed by atoms with van der Waals surface area (Å²) in [6, 6.07) is -3.57. The molecular formula is C10H14F8N2O. The predicted octanol–water partition coefficient (Wildman–Crippen LogP) is 2.34. The molecule has 126 valence electrons. The van der Waals surface area contributed by atoms with Gasteiger partial charge in [0.1, 0.15) is 12.2 Å². The molecule has 0 aromatic rings. The molecule has 11 heteroatoms. The van der Waals surface area contributed by atoms with Crippen molar-refractivity contribution in [2.45, 2.75) is 61.8 Å². The van der Waals surface area contributed by atoms with E-state index in [-0.39, 0.29) is 6.42 Å². The van der Waals surface area contributed by atoms with E-state index in [9.17, 15) is 35.1 Å². The first-order chi connectivity index (χ1) is 9.31. The van der Waals surface area contributed by atoms with Gasteiger partial charge in [0.15, 0.2) is 6.04 Å². The molecule has 1 saturated heterocycles. The molecule has 0 aromatic heterocycles. The van der Waals surface area contributed by atoms with Crippen LogP contribution in [0.3, 0.4) is 0 Å². The van der Waals surface area contributed by atoms with Crippen molar-refractivity contribution < 1.29 is 39.9 Å². The second-order valence-corrected chi connectivity index (χ2v) is 4.81. The van der Waals surface area contributed by atoms with Gasteiger partial charge in [-0.3, -0.25) is 5.73 Å². The molecule has 0 spiro atoms. The zero-order valence-corrected chi connectivity index (χ0v) is 10.5. The van der Waals surface area contributed by atoms with Crippen molar-refractivity contribution in [2.24, 2.45) is 11.5 Å². The molecule has 1 aliphatic heterocycles. The quantitative estimate of drug-likeness (QED) is 0.614. The fourth-order valence-electron chi connectivity index (χ4n) is 1.99. The molecule has 21 heavy (non-hydrogen) atoms. The Kier molecular flexibility index (Phi) is 5.11. The Morgan fingerprint density at radius 3 is 1.67 bits per heavy atom. The Hall–Kier alpha value is -0.680. The highest BCUT2D eigenvalue weighted by molar-refractivity contribution is 4.96. The molecular weight excluding hydrogens is 316 g/mol. The lowest BCUT2D eigenvalue weighted by molar-refractivity contribution is -0.277. The summed E-state index contributed by atoms with van der Waals surface area (Å²) in [5, 5.41) is 0. The number of alkyl halides is 8. The monoisotopic (exact) mass is 330 g/mol. The first-order valence-corrected chi connectivity index (χ1v) is 5.94. The minimum absolute atomic E-state index is 0.294. The summed E-state index contributed by atoms with van der Waals surface area (Å²) in [4.78, 5) is 0. The van der Waals surface area contributed by atoms with E-state index in [1.807, 2.05) is 0 Å². The molecule has 1 rings (SSSR count). The van der Waals surface area contributed by atoms with E-state index in [1.165, 1.54) is 0 Å². The Morgan fingerprint density at radius 2 is 1.29 bits per heavy atom. The van der Waals surface area contributed by atoms with Crippen molar-refractivity contribution in [1.82, 2.24) is 0 Å². The van der Waals surface area contributed by atoms with Crippen LogP contribution in [0.2, 0.25) is 0 Å². The van der Waals surface area contributed by atoms with Crippen LogP contribution in [0.4, 0.5) is 35.1 Å². The summed E-state index contributed by atoms with van der Waals surface area (Å²) in [6.07, 6.45) is -14.8. The standard InChI is InChI=1S/C10H14F8N2O/c11-7(20)9(14,15)5-3-1-2-4(21-5)8(12,13)6(19)10(16,17)18/h4-7H,1-3,19-20H2. The van der Waals surface area contributed by atoms with E-state index in [0.29, 0.717) is 0 Å². The second-order valence-electron chi connectivity index (χ2n) is 4.81. The third-order valence-corrected chi connectivity index (χ3v) is 3.25. The first-order valence-electron chi connectivity index (χ1n) is 5.94. The molecule has 0 saturated carbocycles. The molecule has 1 aliphatic rings. The molecule has 4 unspecified atom stereocenters. The molecule has 0 aliphatic carbocycles. The fourth-order valence-corrected chi connectivity index (χ4v) is 1.99. The van der Waals surface area contributed by atoms with Crippen LogP contribution < -0.4 is 11.5 Å². The Bertz CT molecular complexity index is 359. The second kappa shape index (κ2) is 5.84. The maximum atomic E-state index is 13.6. The van der Waals surface area contributed by atoms with E-state index in [2.05, 4.69) is 16.2 Å². The van der Waals surface area contributed by atoms with E-state index in [0.717, 1.165) is 0 Å². The van der Waals surface area contributed by atoms with Gasteiger partial charge in [-0.1, -0.05) is 0 Å².